The molecule has 4 nitrogen and oxygen atoms in total. The maximum absolute atomic E-state index is 11.4. The van der Waals surface area contributed by atoms with Crippen LogP contribution in [0.1, 0.15) is 20.3 Å². The molecule has 0 aromatic rings. The van der Waals surface area contributed by atoms with E-state index in [-0.39, 0.29) is 17.9 Å². The zero-order valence-electron chi connectivity index (χ0n) is 8.25. The Labute approximate surface area is 78.8 Å². The molecule has 0 radical (unpaired) electrons. The van der Waals surface area contributed by atoms with Gasteiger partial charge in [-0.15, -0.1) is 0 Å². The first-order valence-electron chi connectivity index (χ1n) is 4.75. The summed E-state index contributed by atoms with van der Waals surface area (Å²) in [5.74, 6) is 0.118. The van der Waals surface area contributed by atoms with Crippen molar-refractivity contribution in [2.45, 2.75) is 32.4 Å². The van der Waals surface area contributed by atoms with Crippen molar-refractivity contribution in [1.29, 1.82) is 0 Å². The van der Waals surface area contributed by atoms with E-state index in [9.17, 15) is 4.79 Å². The highest BCUT2D eigenvalue weighted by Crippen LogP contribution is 2.05. The van der Waals surface area contributed by atoms with Crippen molar-refractivity contribution >= 4 is 5.91 Å². The summed E-state index contributed by atoms with van der Waals surface area (Å²) in [5.41, 5.74) is 5.69. The maximum Gasteiger partial charge on any atom is 0.237 e. The highest BCUT2D eigenvalue weighted by molar-refractivity contribution is 5.82. The predicted molar refractivity (Wildman–Crippen MR) is 50.2 cm³/mol. The van der Waals surface area contributed by atoms with Gasteiger partial charge >= 0.3 is 0 Å². The van der Waals surface area contributed by atoms with Crippen molar-refractivity contribution in [3.8, 4) is 0 Å². The zero-order valence-corrected chi connectivity index (χ0v) is 8.25. The Bertz CT molecular complexity index is 176. The third-order valence-electron chi connectivity index (χ3n) is 2.30. The van der Waals surface area contributed by atoms with Crippen LogP contribution in [-0.4, -0.2) is 31.2 Å². The van der Waals surface area contributed by atoms with Crippen molar-refractivity contribution < 1.29 is 9.53 Å². The van der Waals surface area contributed by atoms with E-state index in [0.29, 0.717) is 6.61 Å². The fourth-order valence-corrected chi connectivity index (χ4v) is 1.25. The molecule has 2 atom stereocenters. The molecule has 2 unspecified atom stereocenters. The molecule has 0 saturated carbocycles. The smallest absolute Gasteiger partial charge is 0.237 e. The molecule has 1 amide bonds. The third-order valence-corrected chi connectivity index (χ3v) is 2.30. The van der Waals surface area contributed by atoms with Gasteiger partial charge in [-0.3, -0.25) is 4.79 Å². The summed E-state index contributed by atoms with van der Waals surface area (Å²) in [4.78, 5) is 11.4. The molecule has 1 heterocycles. The Morgan fingerprint density at radius 1 is 1.62 bits per heavy atom. The number of nitrogens with one attached hydrogen (secondary N) is 1. The number of carbonyl (C=O) groups excluding carboxylic acids is 1. The van der Waals surface area contributed by atoms with Crippen LogP contribution in [-0.2, 0) is 9.53 Å². The number of hydrogen-bond acceptors (Lipinski definition) is 3. The quantitative estimate of drug-likeness (QED) is 0.645. The largest absolute Gasteiger partial charge is 0.379 e. The molecule has 1 aliphatic heterocycles. The van der Waals surface area contributed by atoms with Crippen LogP contribution in [0.2, 0.25) is 0 Å². The fraction of sp³-hybridized carbons (Fsp3) is 0.889. The summed E-state index contributed by atoms with van der Waals surface area (Å²) >= 11 is 0. The number of amides is 1. The number of carbonyl (C=O) groups is 1. The molecule has 0 spiro atoms. The monoisotopic (exact) mass is 186 g/mol. The van der Waals surface area contributed by atoms with Crippen molar-refractivity contribution in [2.24, 2.45) is 11.7 Å². The molecule has 0 aromatic carbocycles. The van der Waals surface area contributed by atoms with Crippen LogP contribution >= 0.6 is 0 Å². The molecular formula is C9H18N2O2. The Balaban J connectivity index is 2.31. The predicted octanol–water partition coefficient (Wildman–Crippen LogP) is -0.125. The van der Waals surface area contributed by atoms with Crippen molar-refractivity contribution in [2.75, 3.05) is 13.2 Å². The first-order chi connectivity index (χ1) is 6.11. The molecule has 1 saturated heterocycles. The van der Waals surface area contributed by atoms with E-state index in [1.54, 1.807) is 0 Å². The first-order valence-corrected chi connectivity index (χ1v) is 4.75. The number of hydrogen-bond donors (Lipinski definition) is 2. The molecule has 1 aliphatic rings. The molecular weight excluding hydrogens is 168 g/mol. The van der Waals surface area contributed by atoms with Crippen molar-refractivity contribution in [1.82, 2.24) is 5.32 Å². The zero-order chi connectivity index (χ0) is 9.84. The first kappa shape index (κ1) is 10.5. The lowest BCUT2D eigenvalue weighted by atomic mass is 10.0. The molecule has 1 fully saturated rings. The van der Waals surface area contributed by atoms with Crippen LogP contribution in [0.15, 0.2) is 0 Å². The number of ether oxygens (including phenoxy) is 1. The molecule has 76 valence electrons. The van der Waals surface area contributed by atoms with Gasteiger partial charge in [0, 0.05) is 6.61 Å². The van der Waals surface area contributed by atoms with Gasteiger partial charge in [-0.2, -0.15) is 0 Å². The van der Waals surface area contributed by atoms with Gasteiger partial charge in [0.05, 0.1) is 18.7 Å². The average Bonchev–Trinajstić information content (AvgIpc) is 2.55. The average molecular weight is 186 g/mol. The summed E-state index contributed by atoms with van der Waals surface area (Å²) in [5, 5.41) is 2.87. The minimum atomic E-state index is -0.402. The fourth-order valence-electron chi connectivity index (χ4n) is 1.25. The lowest BCUT2D eigenvalue weighted by Crippen LogP contribution is -2.48. The summed E-state index contributed by atoms with van der Waals surface area (Å²) in [6.07, 6.45) is 0.899. The van der Waals surface area contributed by atoms with E-state index >= 15 is 0 Å². The Morgan fingerprint density at radius 3 is 2.77 bits per heavy atom. The summed E-state index contributed by atoms with van der Waals surface area (Å²) in [7, 11) is 0. The van der Waals surface area contributed by atoms with Crippen LogP contribution in [0.25, 0.3) is 0 Å². The lowest BCUT2D eigenvalue weighted by Gasteiger charge is -2.18. The molecule has 0 bridgehead atoms. The maximum atomic E-state index is 11.4. The SMILES string of the molecule is CC(C)C(N)C(=O)NC1CCOC1. The topological polar surface area (TPSA) is 64.4 Å². The van der Waals surface area contributed by atoms with E-state index in [1.165, 1.54) is 0 Å². The lowest BCUT2D eigenvalue weighted by molar-refractivity contribution is -0.123. The Kier molecular flexibility index (Phi) is 3.69. The second-order valence-corrected chi connectivity index (χ2v) is 3.84. The van der Waals surface area contributed by atoms with Gasteiger partial charge in [-0.05, 0) is 12.3 Å². The molecule has 4 heteroatoms. The minimum absolute atomic E-state index is 0.0644. The van der Waals surface area contributed by atoms with Crippen LogP contribution in [0.5, 0.6) is 0 Å². The van der Waals surface area contributed by atoms with Gasteiger partial charge in [-0.1, -0.05) is 13.8 Å². The second kappa shape index (κ2) is 4.58. The van der Waals surface area contributed by atoms with E-state index in [1.807, 2.05) is 13.8 Å². The Morgan fingerprint density at radius 2 is 2.31 bits per heavy atom. The van der Waals surface area contributed by atoms with Gasteiger partial charge in [0.15, 0.2) is 0 Å². The highest BCUT2D eigenvalue weighted by Gasteiger charge is 2.22. The number of nitrogens with two attached hydrogens (primary N) is 1. The van der Waals surface area contributed by atoms with E-state index < -0.39 is 6.04 Å². The minimum Gasteiger partial charge on any atom is -0.379 e. The normalized spacial score (nSPS) is 24.8. The summed E-state index contributed by atoms with van der Waals surface area (Å²) < 4.78 is 5.14. The molecule has 0 aromatic heterocycles. The molecule has 1 rings (SSSR count). The van der Waals surface area contributed by atoms with Gasteiger partial charge in [0.25, 0.3) is 0 Å². The third kappa shape index (κ3) is 2.97. The van der Waals surface area contributed by atoms with Crippen LogP contribution < -0.4 is 11.1 Å². The van der Waals surface area contributed by atoms with Crippen LogP contribution in [0, 0.1) is 5.92 Å². The molecule has 0 aliphatic carbocycles. The summed E-state index contributed by atoms with van der Waals surface area (Å²) in [6.45, 7) is 5.24. The van der Waals surface area contributed by atoms with Gasteiger partial charge in [-0.25, -0.2) is 0 Å². The molecule has 3 N–H and O–H groups in total. The summed E-state index contributed by atoms with van der Waals surface area (Å²) in [6, 6.07) is -0.238. The standard InChI is InChI=1S/C9H18N2O2/c1-6(2)8(10)9(12)11-7-3-4-13-5-7/h6-8H,3-5,10H2,1-2H3,(H,11,12). The van der Waals surface area contributed by atoms with E-state index in [4.69, 9.17) is 10.5 Å². The molecule has 13 heavy (non-hydrogen) atoms. The highest BCUT2D eigenvalue weighted by atomic mass is 16.5. The van der Waals surface area contributed by atoms with E-state index in [0.717, 1.165) is 13.0 Å². The van der Waals surface area contributed by atoms with Gasteiger partial charge < -0.3 is 15.8 Å². The van der Waals surface area contributed by atoms with Crippen LogP contribution in [0.4, 0.5) is 0 Å². The van der Waals surface area contributed by atoms with Crippen LogP contribution in [0.3, 0.4) is 0 Å². The van der Waals surface area contributed by atoms with Crippen molar-refractivity contribution in [3.63, 3.8) is 0 Å². The van der Waals surface area contributed by atoms with Gasteiger partial charge in [0.2, 0.25) is 5.91 Å². The second-order valence-electron chi connectivity index (χ2n) is 3.84. The van der Waals surface area contributed by atoms with Crippen molar-refractivity contribution in [3.05, 3.63) is 0 Å². The Hall–Kier alpha value is -0.610. The van der Waals surface area contributed by atoms with E-state index in [2.05, 4.69) is 5.32 Å². The van der Waals surface area contributed by atoms with Gasteiger partial charge in [0.1, 0.15) is 0 Å². The number of rotatable bonds is 3.